The maximum absolute atomic E-state index is 5.89. The Labute approximate surface area is 134 Å². The maximum atomic E-state index is 5.89. The molecule has 1 aromatic heterocycles. The Morgan fingerprint density at radius 3 is 2.67 bits per heavy atom. The third-order valence-corrected chi connectivity index (χ3v) is 4.08. The van der Waals surface area contributed by atoms with Crippen LogP contribution in [0.15, 0.2) is 34.6 Å². The Kier molecular flexibility index (Phi) is 5.59. The highest BCUT2D eigenvalue weighted by molar-refractivity contribution is 7.09. The van der Waals surface area contributed by atoms with Crippen LogP contribution >= 0.6 is 22.9 Å². The van der Waals surface area contributed by atoms with Crippen LogP contribution < -0.4 is 5.32 Å². The van der Waals surface area contributed by atoms with Gasteiger partial charge in [-0.3, -0.25) is 4.99 Å². The summed E-state index contributed by atoms with van der Waals surface area (Å²) in [5.74, 6) is 0.843. The predicted octanol–water partition coefficient (Wildman–Crippen LogP) is 3.31. The molecule has 4 nitrogen and oxygen atoms in total. The van der Waals surface area contributed by atoms with Crippen molar-refractivity contribution >= 4 is 28.9 Å². The molecule has 0 aliphatic rings. The molecule has 1 aromatic carbocycles. The number of rotatable bonds is 4. The van der Waals surface area contributed by atoms with E-state index in [1.807, 2.05) is 38.2 Å². The number of halogens is 1. The summed E-state index contributed by atoms with van der Waals surface area (Å²) in [4.78, 5) is 10.8. The second-order valence-corrected chi connectivity index (χ2v) is 6.24. The number of hydrogen-bond donors (Lipinski definition) is 1. The molecule has 0 atom stereocenters. The molecule has 0 aliphatic heterocycles. The van der Waals surface area contributed by atoms with Gasteiger partial charge in [-0.05, 0) is 24.6 Å². The monoisotopic (exact) mass is 322 g/mol. The minimum Gasteiger partial charge on any atom is -0.352 e. The molecule has 2 rings (SSSR count). The van der Waals surface area contributed by atoms with E-state index in [0.29, 0.717) is 6.54 Å². The van der Waals surface area contributed by atoms with E-state index in [1.165, 1.54) is 5.56 Å². The van der Waals surface area contributed by atoms with Crippen molar-refractivity contribution in [3.63, 3.8) is 0 Å². The fourth-order valence-corrected chi connectivity index (χ4v) is 2.70. The molecule has 0 saturated heterocycles. The lowest BCUT2D eigenvalue weighted by molar-refractivity contribution is 0.470. The van der Waals surface area contributed by atoms with Crippen molar-refractivity contribution in [1.29, 1.82) is 0 Å². The Morgan fingerprint density at radius 2 is 2.10 bits per heavy atom. The summed E-state index contributed by atoms with van der Waals surface area (Å²) >= 11 is 7.55. The van der Waals surface area contributed by atoms with Crippen molar-refractivity contribution in [2.75, 3.05) is 14.1 Å². The number of aryl methyl sites for hydroxylation is 1. The van der Waals surface area contributed by atoms with Crippen molar-refractivity contribution in [2.24, 2.45) is 4.99 Å². The number of hydrogen-bond acceptors (Lipinski definition) is 3. The molecule has 1 N–H and O–H groups in total. The Bertz CT molecular complexity index is 606. The molecular weight excluding hydrogens is 304 g/mol. The average Bonchev–Trinajstić information content (AvgIpc) is 2.87. The van der Waals surface area contributed by atoms with Gasteiger partial charge in [0.2, 0.25) is 0 Å². The van der Waals surface area contributed by atoms with Gasteiger partial charge in [0.15, 0.2) is 5.96 Å². The molecule has 112 valence electrons. The van der Waals surface area contributed by atoms with Gasteiger partial charge in [0.05, 0.1) is 17.2 Å². The maximum Gasteiger partial charge on any atom is 0.194 e. The zero-order valence-corrected chi connectivity index (χ0v) is 14.0. The molecule has 2 aromatic rings. The molecule has 0 amide bonds. The number of thiazole rings is 1. The molecule has 21 heavy (non-hydrogen) atoms. The standard InChI is InChI=1S/C15H19ClN4S/c1-11-19-14(10-21-11)9-20(3)15(17-2)18-8-12-4-6-13(16)7-5-12/h4-7,10H,8-9H2,1-3H3,(H,17,18). The Morgan fingerprint density at radius 1 is 1.38 bits per heavy atom. The minimum atomic E-state index is 0.713. The normalized spacial score (nSPS) is 11.5. The topological polar surface area (TPSA) is 40.5 Å². The SMILES string of the molecule is CN=C(NCc1ccc(Cl)cc1)N(C)Cc1csc(C)n1. The van der Waals surface area contributed by atoms with E-state index in [2.05, 4.69) is 25.6 Å². The predicted molar refractivity (Wildman–Crippen MR) is 90.0 cm³/mol. The van der Waals surface area contributed by atoms with Crippen LogP contribution in [0.2, 0.25) is 5.02 Å². The number of aromatic nitrogens is 1. The van der Waals surface area contributed by atoms with Crippen LogP contribution in [-0.4, -0.2) is 29.9 Å². The first kappa shape index (κ1) is 15.8. The molecule has 0 fully saturated rings. The van der Waals surface area contributed by atoms with Crippen molar-refractivity contribution in [2.45, 2.75) is 20.0 Å². The van der Waals surface area contributed by atoms with E-state index >= 15 is 0 Å². The summed E-state index contributed by atoms with van der Waals surface area (Å²) in [6.45, 7) is 3.47. The Balaban J connectivity index is 1.91. The lowest BCUT2D eigenvalue weighted by Gasteiger charge is -2.21. The lowest BCUT2D eigenvalue weighted by Crippen LogP contribution is -2.38. The van der Waals surface area contributed by atoms with Gasteiger partial charge >= 0.3 is 0 Å². The second-order valence-electron chi connectivity index (χ2n) is 4.74. The first-order valence-electron chi connectivity index (χ1n) is 6.65. The summed E-state index contributed by atoms with van der Waals surface area (Å²) in [6, 6.07) is 7.80. The van der Waals surface area contributed by atoms with Crippen LogP contribution in [0.1, 0.15) is 16.3 Å². The molecule has 0 spiro atoms. The van der Waals surface area contributed by atoms with Gasteiger partial charge in [0.1, 0.15) is 0 Å². The number of benzene rings is 1. The molecule has 1 heterocycles. The van der Waals surface area contributed by atoms with Crippen LogP contribution in [0, 0.1) is 6.92 Å². The summed E-state index contributed by atoms with van der Waals surface area (Å²) < 4.78 is 0. The largest absolute Gasteiger partial charge is 0.352 e. The number of nitrogens with one attached hydrogen (secondary N) is 1. The van der Waals surface area contributed by atoms with Gasteiger partial charge in [0.25, 0.3) is 0 Å². The van der Waals surface area contributed by atoms with E-state index in [1.54, 1.807) is 18.4 Å². The number of aliphatic imine (C=N–C) groups is 1. The highest BCUT2D eigenvalue weighted by Crippen LogP contribution is 2.11. The first-order valence-corrected chi connectivity index (χ1v) is 7.91. The van der Waals surface area contributed by atoms with Crippen LogP contribution in [0.5, 0.6) is 0 Å². The zero-order chi connectivity index (χ0) is 15.2. The second kappa shape index (κ2) is 7.43. The fraction of sp³-hybridized carbons (Fsp3) is 0.333. The van der Waals surface area contributed by atoms with Crippen LogP contribution in [-0.2, 0) is 13.1 Å². The van der Waals surface area contributed by atoms with Crippen LogP contribution in [0.3, 0.4) is 0 Å². The molecule has 0 unspecified atom stereocenters. The third kappa shape index (κ3) is 4.72. The molecule has 0 bridgehead atoms. The highest BCUT2D eigenvalue weighted by Gasteiger charge is 2.08. The van der Waals surface area contributed by atoms with Crippen molar-refractivity contribution in [1.82, 2.24) is 15.2 Å². The van der Waals surface area contributed by atoms with Gasteiger partial charge in [0, 0.05) is 31.0 Å². The fourth-order valence-electron chi connectivity index (χ4n) is 1.97. The quantitative estimate of drug-likeness (QED) is 0.693. The van der Waals surface area contributed by atoms with Gasteiger partial charge in [-0.1, -0.05) is 23.7 Å². The highest BCUT2D eigenvalue weighted by atomic mass is 35.5. The number of nitrogens with zero attached hydrogens (tertiary/aromatic N) is 3. The first-order chi connectivity index (χ1) is 10.1. The summed E-state index contributed by atoms with van der Waals surface area (Å²) in [5.41, 5.74) is 2.23. The van der Waals surface area contributed by atoms with Gasteiger partial charge < -0.3 is 10.2 Å². The summed E-state index contributed by atoms with van der Waals surface area (Å²) in [6.07, 6.45) is 0. The minimum absolute atomic E-state index is 0.713. The molecule has 0 radical (unpaired) electrons. The van der Waals surface area contributed by atoms with Crippen molar-refractivity contribution < 1.29 is 0 Å². The van der Waals surface area contributed by atoms with E-state index in [0.717, 1.165) is 28.2 Å². The van der Waals surface area contributed by atoms with Gasteiger partial charge in [-0.25, -0.2) is 4.98 Å². The summed E-state index contributed by atoms with van der Waals surface area (Å²) in [5, 5.41) is 7.26. The molecule has 0 aliphatic carbocycles. The van der Waals surface area contributed by atoms with Crippen LogP contribution in [0.4, 0.5) is 0 Å². The van der Waals surface area contributed by atoms with E-state index < -0.39 is 0 Å². The van der Waals surface area contributed by atoms with Gasteiger partial charge in [-0.15, -0.1) is 11.3 Å². The molecular formula is C15H19ClN4S. The van der Waals surface area contributed by atoms with Crippen molar-refractivity contribution in [3.05, 3.63) is 50.9 Å². The average molecular weight is 323 g/mol. The zero-order valence-electron chi connectivity index (χ0n) is 12.4. The Hall–Kier alpha value is -1.59. The molecule has 0 saturated carbocycles. The van der Waals surface area contributed by atoms with E-state index in [4.69, 9.17) is 11.6 Å². The van der Waals surface area contributed by atoms with E-state index in [9.17, 15) is 0 Å². The van der Waals surface area contributed by atoms with Crippen molar-refractivity contribution in [3.8, 4) is 0 Å². The summed E-state index contributed by atoms with van der Waals surface area (Å²) in [7, 11) is 3.79. The molecule has 6 heteroatoms. The van der Waals surface area contributed by atoms with Crippen LogP contribution in [0.25, 0.3) is 0 Å². The van der Waals surface area contributed by atoms with E-state index in [-0.39, 0.29) is 0 Å². The third-order valence-electron chi connectivity index (χ3n) is 3.00. The van der Waals surface area contributed by atoms with Gasteiger partial charge in [-0.2, -0.15) is 0 Å². The smallest absolute Gasteiger partial charge is 0.194 e. The lowest BCUT2D eigenvalue weighted by atomic mass is 10.2. The number of guanidine groups is 1.